The van der Waals surface area contributed by atoms with Crippen molar-refractivity contribution in [2.24, 2.45) is 0 Å². The van der Waals surface area contributed by atoms with Gasteiger partial charge in [-0.1, -0.05) is 15.9 Å². The Bertz CT molecular complexity index is 783. The van der Waals surface area contributed by atoms with Gasteiger partial charge in [0.05, 0.1) is 20.3 Å². The van der Waals surface area contributed by atoms with Crippen LogP contribution < -0.4 is 4.74 Å². The SMILES string of the molecule is COc1ccc(Br)cc1Cn1cc(CO)c2cccnc21. The molecule has 108 valence electrons. The number of pyridine rings is 1. The molecule has 0 radical (unpaired) electrons. The van der Waals surface area contributed by atoms with Crippen LogP contribution in [0.2, 0.25) is 0 Å². The highest BCUT2D eigenvalue weighted by molar-refractivity contribution is 9.10. The molecular weight excluding hydrogens is 332 g/mol. The fraction of sp³-hybridized carbons (Fsp3) is 0.188. The summed E-state index contributed by atoms with van der Waals surface area (Å²) in [5.74, 6) is 0.835. The molecule has 1 aromatic carbocycles. The highest BCUT2D eigenvalue weighted by Crippen LogP contribution is 2.26. The predicted octanol–water partition coefficient (Wildman–Crippen LogP) is 3.35. The Hall–Kier alpha value is -1.85. The van der Waals surface area contributed by atoms with E-state index in [4.69, 9.17) is 4.74 Å². The van der Waals surface area contributed by atoms with Crippen LogP contribution in [0.25, 0.3) is 11.0 Å². The topological polar surface area (TPSA) is 47.3 Å². The lowest BCUT2D eigenvalue weighted by molar-refractivity contribution is 0.283. The summed E-state index contributed by atoms with van der Waals surface area (Å²) in [4.78, 5) is 4.42. The fourth-order valence-corrected chi connectivity index (χ4v) is 2.90. The number of methoxy groups -OCH3 is 1. The predicted molar refractivity (Wildman–Crippen MR) is 85.5 cm³/mol. The number of aromatic nitrogens is 2. The van der Waals surface area contributed by atoms with Gasteiger partial charge in [-0.05, 0) is 30.3 Å². The molecule has 0 atom stereocenters. The molecule has 0 aliphatic rings. The van der Waals surface area contributed by atoms with Crippen LogP contribution in [0.15, 0.2) is 47.2 Å². The summed E-state index contributed by atoms with van der Waals surface area (Å²) in [6, 6.07) is 9.78. The summed E-state index contributed by atoms with van der Waals surface area (Å²) >= 11 is 3.49. The zero-order valence-corrected chi connectivity index (χ0v) is 13.2. The van der Waals surface area contributed by atoms with Gasteiger partial charge in [-0.25, -0.2) is 4.98 Å². The maximum Gasteiger partial charge on any atom is 0.140 e. The van der Waals surface area contributed by atoms with E-state index in [1.807, 2.05) is 41.1 Å². The van der Waals surface area contributed by atoms with E-state index in [9.17, 15) is 5.11 Å². The van der Waals surface area contributed by atoms with Gasteiger partial charge in [-0.3, -0.25) is 0 Å². The Kier molecular flexibility index (Phi) is 3.94. The lowest BCUT2D eigenvalue weighted by Crippen LogP contribution is -2.01. The molecule has 1 N–H and O–H groups in total. The maximum atomic E-state index is 9.49. The van der Waals surface area contributed by atoms with Crippen molar-refractivity contribution in [2.75, 3.05) is 7.11 Å². The standard InChI is InChI=1S/C16H15BrN2O2/c1-21-15-5-4-13(17)7-11(15)8-19-9-12(10-20)14-3-2-6-18-16(14)19/h2-7,9,20H,8,10H2,1H3. The summed E-state index contributed by atoms with van der Waals surface area (Å²) in [5, 5.41) is 10.5. The number of hydrogen-bond donors (Lipinski definition) is 1. The third-order valence-corrected chi connectivity index (χ3v) is 3.96. The highest BCUT2D eigenvalue weighted by atomic mass is 79.9. The van der Waals surface area contributed by atoms with Gasteiger partial charge in [-0.15, -0.1) is 0 Å². The van der Waals surface area contributed by atoms with Gasteiger partial charge < -0.3 is 14.4 Å². The van der Waals surface area contributed by atoms with E-state index in [0.717, 1.165) is 32.4 Å². The van der Waals surface area contributed by atoms with Crippen molar-refractivity contribution in [1.82, 2.24) is 9.55 Å². The average molecular weight is 347 g/mol. The van der Waals surface area contributed by atoms with Gasteiger partial charge in [0, 0.05) is 33.4 Å². The Labute approximate surface area is 131 Å². The summed E-state index contributed by atoms with van der Waals surface area (Å²) in [6.45, 7) is 0.640. The number of halogens is 1. The first-order valence-electron chi connectivity index (χ1n) is 6.59. The van der Waals surface area contributed by atoms with E-state index in [2.05, 4.69) is 20.9 Å². The second-order valence-electron chi connectivity index (χ2n) is 4.77. The van der Waals surface area contributed by atoms with Crippen LogP contribution in [0, 0.1) is 0 Å². The largest absolute Gasteiger partial charge is 0.496 e. The number of benzene rings is 1. The molecule has 0 spiro atoms. The molecule has 0 aliphatic carbocycles. The molecule has 0 saturated carbocycles. The van der Waals surface area contributed by atoms with Crippen molar-refractivity contribution >= 4 is 27.0 Å². The Morgan fingerprint density at radius 1 is 1.29 bits per heavy atom. The molecule has 0 fully saturated rings. The van der Waals surface area contributed by atoms with Crippen LogP contribution in [0.5, 0.6) is 5.75 Å². The van der Waals surface area contributed by atoms with Crippen molar-refractivity contribution in [2.45, 2.75) is 13.2 Å². The molecule has 2 heterocycles. The van der Waals surface area contributed by atoms with E-state index in [0.29, 0.717) is 6.54 Å². The van der Waals surface area contributed by atoms with Crippen LogP contribution in [0.3, 0.4) is 0 Å². The van der Waals surface area contributed by atoms with Crippen LogP contribution in [0.4, 0.5) is 0 Å². The minimum atomic E-state index is 0.00477. The first-order valence-corrected chi connectivity index (χ1v) is 7.38. The monoisotopic (exact) mass is 346 g/mol. The fourth-order valence-electron chi connectivity index (χ4n) is 2.50. The van der Waals surface area contributed by atoms with Gasteiger partial charge in [0.1, 0.15) is 11.4 Å². The van der Waals surface area contributed by atoms with Gasteiger partial charge >= 0.3 is 0 Å². The van der Waals surface area contributed by atoms with Crippen LogP contribution in [-0.4, -0.2) is 21.8 Å². The number of aliphatic hydroxyl groups is 1. The first-order chi connectivity index (χ1) is 10.2. The van der Waals surface area contributed by atoms with Gasteiger partial charge in [0.2, 0.25) is 0 Å². The number of fused-ring (bicyclic) bond motifs is 1. The molecule has 0 bridgehead atoms. The summed E-state index contributed by atoms with van der Waals surface area (Å²) in [7, 11) is 1.66. The van der Waals surface area contributed by atoms with Crippen LogP contribution >= 0.6 is 15.9 Å². The molecule has 2 aromatic heterocycles. The van der Waals surface area contributed by atoms with E-state index in [1.165, 1.54) is 0 Å². The van der Waals surface area contributed by atoms with E-state index in [1.54, 1.807) is 13.3 Å². The number of rotatable bonds is 4. The molecule has 0 aliphatic heterocycles. The summed E-state index contributed by atoms with van der Waals surface area (Å²) in [5.41, 5.74) is 2.80. The second kappa shape index (κ2) is 5.87. The third kappa shape index (κ3) is 2.66. The van der Waals surface area contributed by atoms with Gasteiger partial charge in [-0.2, -0.15) is 0 Å². The average Bonchev–Trinajstić information content (AvgIpc) is 2.86. The van der Waals surface area contributed by atoms with Gasteiger partial charge in [0.25, 0.3) is 0 Å². The minimum absolute atomic E-state index is 0.00477. The zero-order chi connectivity index (χ0) is 14.8. The normalized spacial score (nSPS) is 11.0. The number of nitrogens with zero attached hydrogens (tertiary/aromatic N) is 2. The molecule has 0 saturated heterocycles. The molecular formula is C16H15BrN2O2. The third-order valence-electron chi connectivity index (χ3n) is 3.47. The summed E-state index contributed by atoms with van der Waals surface area (Å²) in [6.07, 6.45) is 3.70. The van der Waals surface area contributed by atoms with Crippen molar-refractivity contribution in [1.29, 1.82) is 0 Å². The highest BCUT2D eigenvalue weighted by Gasteiger charge is 2.11. The van der Waals surface area contributed by atoms with Crippen molar-refractivity contribution in [3.63, 3.8) is 0 Å². The molecule has 0 amide bonds. The van der Waals surface area contributed by atoms with E-state index < -0.39 is 0 Å². The molecule has 3 aromatic rings. The molecule has 5 heteroatoms. The second-order valence-corrected chi connectivity index (χ2v) is 5.69. The molecule has 3 rings (SSSR count). The summed E-state index contributed by atoms with van der Waals surface area (Å²) < 4.78 is 8.45. The number of hydrogen-bond acceptors (Lipinski definition) is 3. The molecule has 4 nitrogen and oxygen atoms in total. The van der Waals surface area contributed by atoms with E-state index >= 15 is 0 Å². The van der Waals surface area contributed by atoms with Crippen molar-refractivity contribution in [3.8, 4) is 5.75 Å². The molecule has 21 heavy (non-hydrogen) atoms. The Morgan fingerprint density at radius 3 is 2.90 bits per heavy atom. The van der Waals surface area contributed by atoms with Crippen molar-refractivity contribution < 1.29 is 9.84 Å². The quantitative estimate of drug-likeness (QED) is 0.787. The smallest absolute Gasteiger partial charge is 0.140 e. The van der Waals surface area contributed by atoms with E-state index in [-0.39, 0.29) is 6.61 Å². The van der Waals surface area contributed by atoms with Crippen LogP contribution in [-0.2, 0) is 13.2 Å². The Morgan fingerprint density at radius 2 is 2.14 bits per heavy atom. The lowest BCUT2D eigenvalue weighted by atomic mass is 10.2. The zero-order valence-electron chi connectivity index (χ0n) is 11.6. The molecule has 0 unspecified atom stereocenters. The number of ether oxygens (including phenoxy) is 1. The first kappa shape index (κ1) is 14.1. The van der Waals surface area contributed by atoms with Gasteiger partial charge in [0.15, 0.2) is 0 Å². The maximum absolute atomic E-state index is 9.49. The van der Waals surface area contributed by atoms with Crippen molar-refractivity contribution in [3.05, 3.63) is 58.3 Å². The Balaban J connectivity index is 2.08. The minimum Gasteiger partial charge on any atom is -0.496 e. The number of aliphatic hydroxyl groups excluding tert-OH is 1. The van der Waals surface area contributed by atoms with Crippen LogP contribution in [0.1, 0.15) is 11.1 Å². The lowest BCUT2D eigenvalue weighted by Gasteiger charge is -2.10.